The molecule has 0 saturated carbocycles. The highest BCUT2D eigenvalue weighted by molar-refractivity contribution is 5.82. The van der Waals surface area contributed by atoms with E-state index in [-0.39, 0.29) is 11.3 Å². The standard InChI is InChI=1S/C20H33N3O/c1-4-20(5-2,16-21)19(24)22(3)13-18-11-12-23(15-18)14-17-9-7-6-8-10-17/h6-10,18H,4-5,11-16,21H2,1-3H3. The smallest absolute Gasteiger partial charge is 0.229 e. The molecule has 4 nitrogen and oxygen atoms in total. The summed E-state index contributed by atoms with van der Waals surface area (Å²) < 4.78 is 0. The van der Waals surface area contributed by atoms with E-state index in [0.717, 1.165) is 39.0 Å². The molecule has 1 heterocycles. The van der Waals surface area contributed by atoms with Crippen LogP contribution in [0.4, 0.5) is 0 Å². The molecular weight excluding hydrogens is 298 g/mol. The Morgan fingerprint density at radius 2 is 1.96 bits per heavy atom. The average molecular weight is 332 g/mol. The first kappa shape index (κ1) is 18.9. The van der Waals surface area contributed by atoms with Crippen LogP contribution in [0.25, 0.3) is 0 Å². The molecule has 1 amide bonds. The quantitative estimate of drug-likeness (QED) is 0.797. The number of benzene rings is 1. The Balaban J connectivity index is 1.87. The van der Waals surface area contributed by atoms with E-state index >= 15 is 0 Å². The van der Waals surface area contributed by atoms with Gasteiger partial charge in [0, 0.05) is 33.2 Å². The highest BCUT2D eigenvalue weighted by Crippen LogP contribution is 2.28. The van der Waals surface area contributed by atoms with Gasteiger partial charge in [0.25, 0.3) is 0 Å². The van der Waals surface area contributed by atoms with Gasteiger partial charge >= 0.3 is 0 Å². The van der Waals surface area contributed by atoms with Gasteiger partial charge in [-0.1, -0.05) is 44.2 Å². The van der Waals surface area contributed by atoms with Crippen molar-refractivity contribution in [2.75, 3.05) is 33.2 Å². The number of rotatable bonds is 8. The van der Waals surface area contributed by atoms with Crippen LogP contribution in [0.15, 0.2) is 30.3 Å². The van der Waals surface area contributed by atoms with Crippen LogP contribution in [0, 0.1) is 11.3 Å². The molecule has 1 aromatic rings. The normalized spacial score (nSPS) is 18.8. The third-order valence-electron chi connectivity index (χ3n) is 5.70. The molecule has 134 valence electrons. The number of amides is 1. The number of hydrogen-bond donors (Lipinski definition) is 1. The Morgan fingerprint density at radius 1 is 1.29 bits per heavy atom. The molecule has 0 bridgehead atoms. The molecule has 1 saturated heterocycles. The number of carbonyl (C=O) groups excluding carboxylic acids is 1. The molecule has 0 radical (unpaired) electrons. The Bertz CT molecular complexity index is 505. The van der Waals surface area contributed by atoms with Crippen molar-refractivity contribution in [2.24, 2.45) is 17.1 Å². The minimum atomic E-state index is -0.378. The lowest BCUT2D eigenvalue weighted by molar-refractivity contribution is -0.141. The van der Waals surface area contributed by atoms with Crippen molar-refractivity contribution in [1.82, 2.24) is 9.80 Å². The molecule has 1 aromatic carbocycles. The third-order valence-corrected chi connectivity index (χ3v) is 5.70. The monoisotopic (exact) mass is 331 g/mol. The van der Waals surface area contributed by atoms with Gasteiger partial charge in [0.05, 0.1) is 5.41 Å². The maximum absolute atomic E-state index is 12.9. The van der Waals surface area contributed by atoms with Gasteiger partial charge < -0.3 is 10.6 Å². The summed E-state index contributed by atoms with van der Waals surface area (Å²) in [4.78, 5) is 17.3. The predicted octanol–water partition coefficient (Wildman–Crippen LogP) is 2.73. The Hall–Kier alpha value is -1.39. The van der Waals surface area contributed by atoms with E-state index < -0.39 is 0 Å². The highest BCUT2D eigenvalue weighted by Gasteiger charge is 2.36. The van der Waals surface area contributed by atoms with Gasteiger partial charge in [-0.15, -0.1) is 0 Å². The van der Waals surface area contributed by atoms with Crippen LogP contribution in [0.1, 0.15) is 38.7 Å². The van der Waals surface area contributed by atoms with E-state index in [0.29, 0.717) is 12.5 Å². The Kier molecular flexibility index (Phi) is 6.81. The van der Waals surface area contributed by atoms with Crippen molar-refractivity contribution in [2.45, 2.75) is 39.7 Å². The van der Waals surface area contributed by atoms with Gasteiger partial charge in [0.1, 0.15) is 0 Å². The van der Waals surface area contributed by atoms with E-state index in [1.54, 1.807) is 0 Å². The minimum Gasteiger partial charge on any atom is -0.345 e. The predicted molar refractivity (Wildman–Crippen MR) is 99.5 cm³/mol. The maximum Gasteiger partial charge on any atom is 0.229 e. The summed E-state index contributed by atoms with van der Waals surface area (Å²) in [5, 5.41) is 0. The number of likely N-dealkylation sites (tertiary alicyclic amines) is 1. The van der Waals surface area contributed by atoms with Crippen molar-refractivity contribution in [3.8, 4) is 0 Å². The third kappa shape index (κ3) is 4.37. The SMILES string of the molecule is CCC(CC)(CN)C(=O)N(C)CC1CCN(Cc2ccccc2)C1. The van der Waals surface area contributed by atoms with Gasteiger partial charge in [-0.3, -0.25) is 9.69 Å². The van der Waals surface area contributed by atoms with Crippen LogP contribution < -0.4 is 5.73 Å². The summed E-state index contributed by atoms with van der Waals surface area (Å²) in [5.41, 5.74) is 6.91. The summed E-state index contributed by atoms with van der Waals surface area (Å²) in [6.45, 7) is 8.61. The molecule has 4 heteroatoms. The van der Waals surface area contributed by atoms with Crippen LogP contribution >= 0.6 is 0 Å². The van der Waals surface area contributed by atoms with Gasteiger partial charge in [0.2, 0.25) is 5.91 Å². The molecule has 0 spiro atoms. The first-order valence-electron chi connectivity index (χ1n) is 9.26. The zero-order chi connectivity index (χ0) is 17.6. The molecule has 1 atom stereocenters. The second-order valence-corrected chi connectivity index (χ2v) is 7.25. The van der Waals surface area contributed by atoms with Gasteiger partial charge in [0.15, 0.2) is 0 Å². The van der Waals surface area contributed by atoms with Crippen LogP contribution in [0.3, 0.4) is 0 Å². The first-order chi connectivity index (χ1) is 11.5. The second kappa shape index (κ2) is 8.63. The Labute approximate surface area is 147 Å². The zero-order valence-electron chi connectivity index (χ0n) is 15.5. The summed E-state index contributed by atoms with van der Waals surface area (Å²) >= 11 is 0. The van der Waals surface area contributed by atoms with Crippen molar-refractivity contribution in [1.29, 1.82) is 0 Å². The first-order valence-corrected chi connectivity index (χ1v) is 9.26. The fraction of sp³-hybridized carbons (Fsp3) is 0.650. The summed E-state index contributed by atoms with van der Waals surface area (Å²) in [6.07, 6.45) is 2.79. The lowest BCUT2D eigenvalue weighted by Crippen LogP contribution is -2.47. The van der Waals surface area contributed by atoms with Crippen LogP contribution in [-0.4, -0.2) is 48.9 Å². The molecule has 0 aliphatic carbocycles. The van der Waals surface area contributed by atoms with E-state index in [9.17, 15) is 4.79 Å². The van der Waals surface area contributed by atoms with Gasteiger partial charge in [-0.25, -0.2) is 0 Å². The topological polar surface area (TPSA) is 49.6 Å². The van der Waals surface area contributed by atoms with Crippen LogP contribution in [-0.2, 0) is 11.3 Å². The summed E-state index contributed by atoms with van der Waals surface area (Å²) in [6, 6.07) is 10.6. The maximum atomic E-state index is 12.9. The lowest BCUT2D eigenvalue weighted by Gasteiger charge is -2.34. The van der Waals surface area contributed by atoms with E-state index in [1.165, 1.54) is 12.0 Å². The fourth-order valence-electron chi connectivity index (χ4n) is 3.85. The Morgan fingerprint density at radius 3 is 2.54 bits per heavy atom. The molecule has 1 unspecified atom stereocenters. The minimum absolute atomic E-state index is 0.219. The lowest BCUT2D eigenvalue weighted by atomic mass is 9.81. The zero-order valence-corrected chi connectivity index (χ0v) is 15.5. The van der Waals surface area contributed by atoms with Crippen molar-refractivity contribution in [3.05, 3.63) is 35.9 Å². The molecule has 24 heavy (non-hydrogen) atoms. The van der Waals surface area contributed by atoms with E-state index in [4.69, 9.17) is 5.73 Å². The van der Waals surface area contributed by atoms with Gasteiger partial charge in [-0.2, -0.15) is 0 Å². The van der Waals surface area contributed by atoms with Crippen molar-refractivity contribution < 1.29 is 4.79 Å². The number of hydrogen-bond acceptors (Lipinski definition) is 3. The summed E-state index contributed by atoms with van der Waals surface area (Å²) in [7, 11) is 1.94. The van der Waals surface area contributed by atoms with Crippen LogP contribution in [0.5, 0.6) is 0 Å². The largest absolute Gasteiger partial charge is 0.345 e. The molecule has 2 N–H and O–H groups in total. The second-order valence-electron chi connectivity index (χ2n) is 7.25. The summed E-state index contributed by atoms with van der Waals surface area (Å²) in [5.74, 6) is 0.781. The van der Waals surface area contributed by atoms with E-state index in [1.807, 2.05) is 11.9 Å². The highest BCUT2D eigenvalue weighted by atomic mass is 16.2. The average Bonchev–Trinajstić information content (AvgIpc) is 3.04. The molecule has 1 fully saturated rings. The van der Waals surface area contributed by atoms with E-state index in [2.05, 4.69) is 49.1 Å². The number of nitrogens with zero attached hydrogens (tertiary/aromatic N) is 2. The number of nitrogens with two attached hydrogens (primary N) is 1. The molecule has 1 aliphatic rings. The molecule has 0 aromatic heterocycles. The van der Waals surface area contributed by atoms with Crippen molar-refractivity contribution >= 4 is 5.91 Å². The number of carbonyl (C=O) groups is 1. The van der Waals surface area contributed by atoms with Gasteiger partial charge in [-0.05, 0) is 37.3 Å². The fourth-order valence-corrected chi connectivity index (χ4v) is 3.85. The molecular formula is C20H33N3O. The van der Waals surface area contributed by atoms with Crippen molar-refractivity contribution in [3.63, 3.8) is 0 Å². The molecule has 2 rings (SSSR count). The van der Waals surface area contributed by atoms with Crippen LogP contribution in [0.2, 0.25) is 0 Å². The molecule has 1 aliphatic heterocycles.